The van der Waals surface area contributed by atoms with Crippen molar-refractivity contribution in [3.8, 4) is 12.3 Å². The Morgan fingerprint density at radius 3 is 2.80 bits per heavy atom. The average Bonchev–Trinajstić information content (AvgIpc) is 3.08. The van der Waals surface area contributed by atoms with Gasteiger partial charge in [-0.25, -0.2) is 0 Å². The number of unbranched alkanes of at least 4 members (excludes halogenated alkanes) is 4. The first-order valence-electron chi connectivity index (χ1n) is 11.6. The molecule has 1 aliphatic rings. The van der Waals surface area contributed by atoms with Gasteiger partial charge < -0.3 is 9.84 Å². The number of esters is 1. The zero-order valence-corrected chi connectivity index (χ0v) is 19.7. The van der Waals surface area contributed by atoms with Crippen molar-refractivity contribution in [1.29, 1.82) is 0 Å². The molecule has 0 heterocycles. The van der Waals surface area contributed by atoms with E-state index >= 15 is 0 Å². The molecule has 1 saturated carbocycles. The van der Waals surface area contributed by atoms with Crippen LogP contribution in [0.2, 0.25) is 0 Å². The predicted octanol–water partition coefficient (Wildman–Crippen LogP) is 5.33. The first-order chi connectivity index (χ1) is 14.5. The van der Waals surface area contributed by atoms with Crippen LogP contribution in [0.3, 0.4) is 0 Å². The molecule has 1 fully saturated rings. The molecule has 0 aromatic carbocycles. The van der Waals surface area contributed by atoms with Crippen molar-refractivity contribution in [2.45, 2.75) is 90.1 Å². The molecule has 1 rings (SSSR count). The molecule has 0 amide bonds. The van der Waals surface area contributed by atoms with Crippen molar-refractivity contribution in [2.24, 2.45) is 11.8 Å². The van der Waals surface area contributed by atoms with E-state index in [9.17, 15) is 14.7 Å². The maximum atomic E-state index is 12.3. The van der Waals surface area contributed by atoms with Gasteiger partial charge in [-0.3, -0.25) is 9.59 Å². The molecule has 0 bridgehead atoms. The Balaban J connectivity index is 2.35. The van der Waals surface area contributed by atoms with Crippen molar-refractivity contribution in [3.05, 3.63) is 12.2 Å². The quantitative estimate of drug-likeness (QED) is 0.153. The van der Waals surface area contributed by atoms with E-state index in [0.29, 0.717) is 37.4 Å². The second-order valence-corrected chi connectivity index (χ2v) is 9.35. The molecule has 0 radical (unpaired) electrons. The van der Waals surface area contributed by atoms with Gasteiger partial charge in [0.1, 0.15) is 11.4 Å². The number of thioether (sulfide) groups is 1. The van der Waals surface area contributed by atoms with Gasteiger partial charge in [-0.15, -0.1) is 6.42 Å². The van der Waals surface area contributed by atoms with Crippen molar-refractivity contribution in [3.63, 3.8) is 0 Å². The first-order valence-corrected chi connectivity index (χ1v) is 12.7. The molecule has 0 aromatic rings. The SMILES string of the molecule is C#CC(O)(CC=C[C@H]1CCC(=O)[C@@H]1CCCCSCC(=O)OCC)CCCCCC. The van der Waals surface area contributed by atoms with Crippen LogP contribution in [0, 0.1) is 24.2 Å². The zero-order valence-electron chi connectivity index (χ0n) is 18.9. The van der Waals surface area contributed by atoms with E-state index in [-0.39, 0.29) is 17.8 Å². The number of aliphatic hydroxyl groups is 1. The van der Waals surface area contributed by atoms with Crippen LogP contribution in [0.25, 0.3) is 0 Å². The summed E-state index contributed by atoms with van der Waals surface area (Å²) in [6, 6.07) is 0. The molecule has 5 heteroatoms. The molecule has 1 aliphatic carbocycles. The number of rotatable bonds is 16. The van der Waals surface area contributed by atoms with Gasteiger partial charge in [0.05, 0.1) is 12.4 Å². The zero-order chi connectivity index (χ0) is 22.2. The van der Waals surface area contributed by atoms with E-state index < -0.39 is 5.60 Å². The van der Waals surface area contributed by atoms with Gasteiger partial charge in [0, 0.05) is 18.8 Å². The molecule has 3 atom stereocenters. The molecule has 0 saturated heterocycles. The van der Waals surface area contributed by atoms with Gasteiger partial charge in [-0.1, -0.05) is 50.7 Å². The molecule has 170 valence electrons. The van der Waals surface area contributed by atoms with Crippen LogP contribution < -0.4 is 0 Å². The number of allylic oxidation sites excluding steroid dienone is 1. The van der Waals surface area contributed by atoms with Gasteiger partial charge in [0.15, 0.2) is 0 Å². The minimum absolute atomic E-state index is 0.0831. The lowest BCUT2D eigenvalue weighted by Gasteiger charge is -2.21. The first kappa shape index (κ1) is 26.8. The maximum absolute atomic E-state index is 12.3. The molecule has 30 heavy (non-hydrogen) atoms. The predicted molar refractivity (Wildman–Crippen MR) is 125 cm³/mol. The highest BCUT2D eigenvalue weighted by molar-refractivity contribution is 7.99. The van der Waals surface area contributed by atoms with Gasteiger partial charge >= 0.3 is 5.97 Å². The summed E-state index contributed by atoms with van der Waals surface area (Å²) < 4.78 is 4.92. The Kier molecular flexibility index (Phi) is 13.9. The summed E-state index contributed by atoms with van der Waals surface area (Å²) in [5.41, 5.74) is -1.07. The number of hydrogen-bond donors (Lipinski definition) is 1. The van der Waals surface area contributed by atoms with E-state index in [2.05, 4.69) is 18.9 Å². The summed E-state index contributed by atoms with van der Waals surface area (Å²) in [6.45, 7) is 4.40. The van der Waals surface area contributed by atoms with E-state index in [1.54, 1.807) is 11.8 Å². The average molecular weight is 437 g/mol. The second-order valence-electron chi connectivity index (χ2n) is 8.25. The monoisotopic (exact) mass is 436 g/mol. The molecule has 0 aliphatic heterocycles. The Bertz CT molecular complexity index is 580. The Labute approximate surface area is 187 Å². The van der Waals surface area contributed by atoms with Crippen LogP contribution >= 0.6 is 11.8 Å². The molecule has 1 N–H and O–H groups in total. The maximum Gasteiger partial charge on any atom is 0.315 e. The van der Waals surface area contributed by atoms with E-state index in [1.165, 1.54) is 6.42 Å². The van der Waals surface area contributed by atoms with Gasteiger partial charge in [-0.2, -0.15) is 11.8 Å². The van der Waals surface area contributed by atoms with E-state index in [4.69, 9.17) is 11.2 Å². The fourth-order valence-corrected chi connectivity index (χ4v) is 4.78. The van der Waals surface area contributed by atoms with E-state index in [1.807, 2.05) is 13.0 Å². The minimum Gasteiger partial charge on any atom is -0.465 e. The Hall–Kier alpha value is -1.25. The highest BCUT2D eigenvalue weighted by atomic mass is 32.2. The number of hydrogen-bond acceptors (Lipinski definition) is 5. The standard InChI is InChI=1S/C25H40O4S/c1-4-7-8-10-17-25(28,5-2)18-12-13-21-15-16-23(26)22(21)14-9-11-19-30-20-24(27)29-6-3/h2,12-13,21-22,28H,4,6-11,14-20H2,1,3H3/t21-,22+,25?/m0/s1. The molecular weight excluding hydrogens is 396 g/mol. The lowest BCUT2D eigenvalue weighted by atomic mass is 9.88. The van der Waals surface area contributed by atoms with Crippen LogP contribution in [0.4, 0.5) is 0 Å². The van der Waals surface area contributed by atoms with Crippen LogP contribution in [-0.2, 0) is 14.3 Å². The van der Waals surface area contributed by atoms with Crippen LogP contribution in [0.5, 0.6) is 0 Å². The van der Waals surface area contributed by atoms with Gasteiger partial charge in [-0.05, 0) is 50.7 Å². The van der Waals surface area contributed by atoms with E-state index in [0.717, 1.165) is 50.7 Å². The van der Waals surface area contributed by atoms with Crippen LogP contribution in [0.15, 0.2) is 12.2 Å². The van der Waals surface area contributed by atoms with Gasteiger partial charge in [0.25, 0.3) is 0 Å². The van der Waals surface area contributed by atoms with Crippen molar-refractivity contribution < 1.29 is 19.4 Å². The number of carbonyl (C=O) groups is 2. The lowest BCUT2D eigenvalue weighted by Crippen LogP contribution is -2.25. The molecule has 0 aromatic heterocycles. The Morgan fingerprint density at radius 1 is 1.30 bits per heavy atom. The minimum atomic E-state index is -1.07. The number of carbonyl (C=O) groups excluding carboxylic acids is 2. The highest BCUT2D eigenvalue weighted by Crippen LogP contribution is 2.34. The molecular formula is C25H40O4S. The summed E-state index contributed by atoms with van der Waals surface area (Å²) in [4.78, 5) is 23.6. The third-order valence-electron chi connectivity index (χ3n) is 5.78. The lowest BCUT2D eigenvalue weighted by molar-refractivity contribution is -0.139. The van der Waals surface area contributed by atoms with Gasteiger partial charge in [0.2, 0.25) is 0 Å². The van der Waals surface area contributed by atoms with Crippen molar-refractivity contribution in [2.75, 3.05) is 18.1 Å². The summed E-state index contributed by atoms with van der Waals surface area (Å²) in [6.07, 6.45) is 19.6. The van der Waals surface area contributed by atoms with Crippen LogP contribution in [-0.4, -0.2) is 40.6 Å². The number of terminal acetylenes is 1. The summed E-state index contributed by atoms with van der Waals surface area (Å²) in [7, 11) is 0. The number of Topliss-reactive ketones (excluding diaryl/α,β-unsaturated/α-hetero) is 1. The third kappa shape index (κ3) is 10.7. The fraction of sp³-hybridized carbons (Fsp3) is 0.760. The Morgan fingerprint density at radius 2 is 2.10 bits per heavy atom. The van der Waals surface area contributed by atoms with Crippen molar-refractivity contribution in [1.82, 2.24) is 0 Å². The smallest absolute Gasteiger partial charge is 0.315 e. The topological polar surface area (TPSA) is 63.6 Å². The molecule has 0 spiro atoms. The van der Waals surface area contributed by atoms with Crippen molar-refractivity contribution >= 4 is 23.5 Å². The summed E-state index contributed by atoms with van der Waals surface area (Å²) in [5, 5.41) is 10.6. The summed E-state index contributed by atoms with van der Waals surface area (Å²) >= 11 is 1.59. The highest BCUT2D eigenvalue weighted by Gasteiger charge is 2.32. The largest absolute Gasteiger partial charge is 0.465 e. The summed E-state index contributed by atoms with van der Waals surface area (Å²) in [5.74, 6) is 4.42. The number of ketones is 1. The fourth-order valence-electron chi connectivity index (χ4n) is 3.98. The normalized spacial score (nSPS) is 20.9. The number of ether oxygens (including phenoxy) is 1. The third-order valence-corrected chi connectivity index (χ3v) is 6.80. The van der Waals surface area contributed by atoms with Crippen LogP contribution in [0.1, 0.15) is 84.5 Å². The molecule has 4 nitrogen and oxygen atoms in total. The second kappa shape index (κ2) is 15.5. The molecule has 1 unspecified atom stereocenters.